The Labute approximate surface area is 100 Å². The molecule has 0 bridgehead atoms. The number of nitrogens with zero attached hydrogens (tertiary/aromatic N) is 1. The molecule has 16 heavy (non-hydrogen) atoms. The molecule has 0 aromatic heterocycles. The van der Waals surface area contributed by atoms with E-state index in [1.807, 2.05) is 0 Å². The number of ether oxygens (including phenoxy) is 2. The minimum atomic E-state index is 0.436. The fourth-order valence-electron chi connectivity index (χ4n) is 2.24. The third kappa shape index (κ3) is 5.83. The molecule has 0 amide bonds. The van der Waals surface area contributed by atoms with Crippen LogP contribution in [-0.2, 0) is 9.47 Å². The van der Waals surface area contributed by atoms with Crippen LogP contribution in [0, 0.1) is 0 Å². The van der Waals surface area contributed by atoms with E-state index in [0.29, 0.717) is 12.7 Å². The molecule has 1 rings (SSSR count). The number of unbranched alkanes of at least 4 members (excludes halogenated alkanes) is 2. The Balaban J connectivity index is 2.09. The third-order valence-electron chi connectivity index (χ3n) is 3.18. The highest BCUT2D eigenvalue weighted by Gasteiger charge is 2.19. The fraction of sp³-hybridized carbons (Fsp3) is 1.00. The summed E-state index contributed by atoms with van der Waals surface area (Å²) in [4.78, 5) is 2.55. The van der Waals surface area contributed by atoms with Gasteiger partial charge in [-0.1, -0.05) is 19.8 Å². The summed E-state index contributed by atoms with van der Waals surface area (Å²) in [6.07, 6.45) is 6.93. The Bertz CT molecular complexity index is 148. The Hall–Kier alpha value is -0.120. The minimum absolute atomic E-state index is 0.436. The van der Waals surface area contributed by atoms with Crippen LogP contribution < -0.4 is 0 Å². The van der Waals surface area contributed by atoms with Crippen LogP contribution in [0.3, 0.4) is 0 Å². The van der Waals surface area contributed by atoms with Crippen molar-refractivity contribution in [2.45, 2.75) is 45.1 Å². The molecule has 0 aliphatic carbocycles. The van der Waals surface area contributed by atoms with Gasteiger partial charge in [0.2, 0.25) is 0 Å². The van der Waals surface area contributed by atoms with E-state index in [1.54, 1.807) is 7.11 Å². The lowest BCUT2D eigenvalue weighted by atomic mass is 10.1. The molecule has 0 spiro atoms. The summed E-state index contributed by atoms with van der Waals surface area (Å²) in [5, 5.41) is 0. The van der Waals surface area contributed by atoms with E-state index in [2.05, 4.69) is 11.8 Å². The lowest BCUT2D eigenvalue weighted by molar-refractivity contribution is -0.0209. The van der Waals surface area contributed by atoms with Gasteiger partial charge in [-0.2, -0.15) is 0 Å². The van der Waals surface area contributed by atoms with Crippen molar-refractivity contribution in [2.75, 3.05) is 40.0 Å². The summed E-state index contributed by atoms with van der Waals surface area (Å²) in [7, 11) is 1.72. The Morgan fingerprint density at radius 1 is 1.25 bits per heavy atom. The average molecular weight is 229 g/mol. The van der Waals surface area contributed by atoms with Crippen LogP contribution in [0.15, 0.2) is 0 Å². The number of piperidine rings is 1. The number of likely N-dealkylation sites (tertiary alicyclic amines) is 1. The maximum atomic E-state index is 5.79. The van der Waals surface area contributed by atoms with E-state index < -0.39 is 0 Å². The molecular formula is C13H27NO2. The van der Waals surface area contributed by atoms with Gasteiger partial charge in [0.15, 0.2) is 0 Å². The molecule has 0 N–H and O–H groups in total. The van der Waals surface area contributed by atoms with Gasteiger partial charge in [0.05, 0.1) is 19.3 Å². The zero-order valence-corrected chi connectivity index (χ0v) is 10.9. The molecule has 1 fully saturated rings. The summed E-state index contributed by atoms with van der Waals surface area (Å²) in [5.41, 5.74) is 0. The monoisotopic (exact) mass is 229 g/mol. The van der Waals surface area contributed by atoms with E-state index in [0.717, 1.165) is 13.2 Å². The van der Waals surface area contributed by atoms with Crippen molar-refractivity contribution >= 4 is 0 Å². The summed E-state index contributed by atoms with van der Waals surface area (Å²) < 4.78 is 10.8. The second-order valence-corrected chi connectivity index (χ2v) is 4.64. The molecule has 0 aromatic rings. The van der Waals surface area contributed by atoms with E-state index in [1.165, 1.54) is 45.2 Å². The highest BCUT2D eigenvalue weighted by molar-refractivity contribution is 4.73. The maximum absolute atomic E-state index is 5.79. The van der Waals surface area contributed by atoms with Gasteiger partial charge in [-0.15, -0.1) is 0 Å². The molecule has 3 heteroatoms. The summed E-state index contributed by atoms with van der Waals surface area (Å²) in [6.45, 7) is 7.34. The molecule has 1 atom stereocenters. The molecular weight excluding hydrogens is 202 g/mol. The van der Waals surface area contributed by atoms with E-state index in [4.69, 9.17) is 9.47 Å². The lowest BCUT2D eigenvalue weighted by Crippen LogP contribution is -2.40. The smallest absolute Gasteiger partial charge is 0.0704 e. The van der Waals surface area contributed by atoms with Crippen molar-refractivity contribution in [1.82, 2.24) is 4.90 Å². The topological polar surface area (TPSA) is 21.7 Å². The molecule has 1 aliphatic heterocycles. The second kappa shape index (κ2) is 8.97. The van der Waals surface area contributed by atoms with Crippen molar-refractivity contribution in [3.63, 3.8) is 0 Å². The van der Waals surface area contributed by atoms with Crippen LogP contribution in [0.5, 0.6) is 0 Å². The molecule has 0 saturated carbocycles. The first-order chi connectivity index (χ1) is 7.86. The third-order valence-corrected chi connectivity index (χ3v) is 3.18. The number of hydrogen-bond donors (Lipinski definition) is 0. The first kappa shape index (κ1) is 13.9. The summed E-state index contributed by atoms with van der Waals surface area (Å²) in [5.74, 6) is 0. The maximum Gasteiger partial charge on any atom is 0.0704 e. The van der Waals surface area contributed by atoms with Gasteiger partial charge in [-0.25, -0.2) is 0 Å². The normalized spacial score (nSPS) is 22.5. The van der Waals surface area contributed by atoms with Crippen molar-refractivity contribution < 1.29 is 9.47 Å². The molecule has 96 valence electrons. The van der Waals surface area contributed by atoms with Gasteiger partial charge >= 0.3 is 0 Å². The van der Waals surface area contributed by atoms with Crippen LogP contribution in [0.2, 0.25) is 0 Å². The molecule has 1 saturated heterocycles. The van der Waals surface area contributed by atoms with E-state index in [-0.39, 0.29) is 0 Å². The van der Waals surface area contributed by atoms with Gasteiger partial charge < -0.3 is 14.4 Å². The number of methoxy groups -OCH3 is 1. The molecule has 1 unspecified atom stereocenters. The van der Waals surface area contributed by atoms with Crippen molar-refractivity contribution in [3.8, 4) is 0 Å². The van der Waals surface area contributed by atoms with Crippen LogP contribution in [-0.4, -0.2) is 51.0 Å². The Kier molecular flexibility index (Phi) is 7.81. The van der Waals surface area contributed by atoms with Crippen LogP contribution in [0.25, 0.3) is 0 Å². The van der Waals surface area contributed by atoms with Gasteiger partial charge in [0.25, 0.3) is 0 Å². The van der Waals surface area contributed by atoms with Crippen LogP contribution in [0.4, 0.5) is 0 Å². The quantitative estimate of drug-likeness (QED) is 0.596. The highest BCUT2D eigenvalue weighted by atomic mass is 16.5. The van der Waals surface area contributed by atoms with Crippen LogP contribution >= 0.6 is 0 Å². The van der Waals surface area contributed by atoms with Crippen molar-refractivity contribution in [2.24, 2.45) is 0 Å². The highest BCUT2D eigenvalue weighted by Crippen LogP contribution is 2.13. The minimum Gasteiger partial charge on any atom is -0.382 e. The van der Waals surface area contributed by atoms with Crippen LogP contribution in [0.1, 0.15) is 39.0 Å². The lowest BCUT2D eigenvalue weighted by Gasteiger charge is -2.32. The average Bonchev–Trinajstić information content (AvgIpc) is 2.30. The first-order valence-electron chi connectivity index (χ1n) is 6.69. The fourth-order valence-corrected chi connectivity index (χ4v) is 2.24. The Morgan fingerprint density at radius 3 is 2.88 bits per heavy atom. The zero-order chi connectivity index (χ0) is 11.6. The SMILES string of the molecule is CCCCCN1CCCC(OCCOC)C1. The largest absolute Gasteiger partial charge is 0.382 e. The first-order valence-corrected chi connectivity index (χ1v) is 6.69. The molecule has 0 radical (unpaired) electrons. The van der Waals surface area contributed by atoms with Crippen molar-refractivity contribution in [1.29, 1.82) is 0 Å². The van der Waals surface area contributed by atoms with Gasteiger partial charge in [0, 0.05) is 13.7 Å². The molecule has 3 nitrogen and oxygen atoms in total. The summed E-state index contributed by atoms with van der Waals surface area (Å²) in [6, 6.07) is 0. The van der Waals surface area contributed by atoms with E-state index >= 15 is 0 Å². The standard InChI is InChI=1S/C13H27NO2/c1-3-4-5-8-14-9-6-7-13(12-14)16-11-10-15-2/h13H,3-12H2,1-2H3. The Morgan fingerprint density at radius 2 is 2.12 bits per heavy atom. The predicted octanol–water partition coefficient (Wildman–Crippen LogP) is 2.30. The summed E-state index contributed by atoms with van der Waals surface area (Å²) >= 11 is 0. The van der Waals surface area contributed by atoms with Gasteiger partial charge in [-0.05, 0) is 32.4 Å². The molecule has 1 heterocycles. The molecule has 1 aliphatic rings. The second-order valence-electron chi connectivity index (χ2n) is 4.64. The van der Waals surface area contributed by atoms with E-state index in [9.17, 15) is 0 Å². The van der Waals surface area contributed by atoms with Crippen molar-refractivity contribution in [3.05, 3.63) is 0 Å². The molecule has 0 aromatic carbocycles. The van der Waals surface area contributed by atoms with Gasteiger partial charge in [0.1, 0.15) is 0 Å². The zero-order valence-electron chi connectivity index (χ0n) is 10.9. The number of rotatable bonds is 8. The predicted molar refractivity (Wildman–Crippen MR) is 66.8 cm³/mol. The number of hydrogen-bond acceptors (Lipinski definition) is 3. The van der Waals surface area contributed by atoms with Gasteiger partial charge in [-0.3, -0.25) is 0 Å².